The van der Waals surface area contributed by atoms with Crippen molar-refractivity contribution in [2.45, 2.75) is 26.2 Å². The van der Waals surface area contributed by atoms with Gasteiger partial charge in [-0.05, 0) is 28.7 Å². The second-order valence-electron chi connectivity index (χ2n) is 6.67. The largest absolute Gasteiger partial charge is 0.508 e. The number of aromatic nitrogens is 2. The van der Waals surface area contributed by atoms with Gasteiger partial charge in [0.25, 0.3) is 0 Å². The molecule has 118 valence electrons. The summed E-state index contributed by atoms with van der Waals surface area (Å²) in [6.07, 6.45) is 1.74. The number of phenolic OH excluding ortho intramolecular Hbond substituents is 2. The SMILES string of the molecule is CC(C)(C)c1ccc(-c2cnc(-c3ccc(O)cc3O)[nH]2)cc1. The van der Waals surface area contributed by atoms with Crippen LogP contribution in [0.5, 0.6) is 11.5 Å². The molecule has 2 aromatic carbocycles. The lowest BCUT2D eigenvalue weighted by molar-refractivity contribution is 0.451. The second-order valence-corrected chi connectivity index (χ2v) is 6.67. The zero-order valence-corrected chi connectivity index (χ0v) is 13.5. The maximum absolute atomic E-state index is 9.93. The Kier molecular flexibility index (Phi) is 3.60. The molecular formula is C19H20N2O2. The van der Waals surface area contributed by atoms with Gasteiger partial charge in [0, 0.05) is 6.07 Å². The van der Waals surface area contributed by atoms with Crippen LogP contribution in [0.25, 0.3) is 22.6 Å². The van der Waals surface area contributed by atoms with Gasteiger partial charge in [-0.2, -0.15) is 0 Å². The third-order valence-corrected chi connectivity index (χ3v) is 3.87. The fourth-order valence-electron chi connectivity index (χ4n) is 2.47. The summed E-state index contributed by atoms with van der Waals surface area (Å²) < 4.78 is 0. The van der Waals surface area contributed by atoms with Gasteiger partial charge in [-0.3, -0.25) is 0 Å². The summed E-state index contributed by atoms with van der Waals surface area (Å²) >= 11 is 0. The molecule has 0 saturated carbocycles. The minimum Gasteiger partial charge on any atom is -0.508 e. The number of hydrogen-bond acceptors (Lipinski definition) is 3. The molecule has 1 aromatic heterocycles. The van der Waals surface area contributed by atoms with Crippen LogP contribution >= 0.6 is 0 Å². The number of nitrogens with zero attached hydrogens (tertiary/aromatic N) is 1. The molecular weight excluding hydrogens is 288 g/mol. The van der Waals surface area contributed by atoms with Gasteiger partial charge in [0.2, 0.25) is 0 Å². The zero-order valence-electron chi connectivity index (χ0n) is 13.5. The molecule has 0 spiro atoms. The van der Waals surface area contributed by atoms with Crippen molar-refractivity contribution in [3.63, 3.8) is 0 Å². The molecule has 23 heavy (non-hydrogen) atoms. The summed E-state index contributed by atoms with van der Waals surface area (Å²) in [5, 5.41) is 19.3. The molecule has 3 N–H and O–H groups in total. The van der Waals surface area contributed by atoms with E-state index in [2.05, 4.69) is 55.0 Å². The van der Waals surface area contributed by atoms with E-state index >= 15 is 0 Å². The lowest BCUT2D eigenvalue weighted by Gasteiger charge is -2.18. The Hall–Kier alpha value is -2.75. The van der Waals surface area contributed by atoms with Crippen molar-refractivity contribution in [1.29, 1.82) is 0 Å². The fourth-order valence-corrected chi connectivity index (χ4v) is 2.47. The van der Waals surface area contributed by atoms with Crippen molar-refractivity contribution in [3.05, 3.63) is 54.2 Å². The topological polar surface area (TPSA) is 69.1 Å². The van der Waals surface area contributed by atoms with Gasteiger partial charge < -0.3 is 15.2 Å². The summed E-state index contributed by atoms with van der Waals surface area (Å²) in [6.45, 7) is 6.55. The van der Waals surface area contributed by atoms with Crippen LogP contribution in [0, 0.1) is 0 Å². The molecule has 0 aliphatic carbocycles. The first-order valence-electron chi connectivity index (χ1n) is 7.53. The molecule has 0 fully saturated rings. The number of aromatic hydroxyl groups is 2. The van der Waals surface area contributed by atoms with Crippen LogP contribution < -0.4 is 0 Å². The van der Waals surface area contributed by atoms with Crippen molar-refractivity contribution >= 4 is 0 Å². The average Bonchev–Trinajstić information content (AvgIpc) is 2.96. The van der Waals surface area contributed by atoms with Crippen molar-refractivity contribution in [1.82, 2.24) is 9.97 Å². The first-order chi connectivity index (χ1) is 10.8. The normalized spacial score (nSPS) is 11.6. The highest BCUT2D eigenvalue weighted by Crippen LogP contribution is 2.32. The summed E-state index contributed by atoms with van der Waals surface area (Å²) in [7, 11) is 0. The number of hydrogen-bond donors (Lipinski definition) is 3. The Balaban J connectivity index is 1.93. The number of imidazole rings is 1. The average molecular weight is 308 g/mol. The van der Waals surface area contributed by atoms with Gasteiger partial charge >= 0.3 is 0 Å². The molecule has 0 aliphatic heterocycles. The van der Waals surface area contributed by atoms with Crippen LogP contribution in [0.2, 0.25) is 0 Å². The molecule has 0 amide bonds. The number of phenols is 2. The van der Waals surface area contributed by atoms with Crippen LogP contribution in [0.15, 0.2) is 48.7 Å². The van der Waals surface area contributed by atoms with Gasteiger partial charge in [-0.15, -0.1) is 0 Å². The standard InChI is InChI=1S/C19H20N2O2/c1-19(2,3)13-6-4-12(5-7-13)16-11-20-18(21-16)15-9-8-14(22)10-17(15)23/h4-11,22-23H,1-3H3,(H,20,21). The van der Waals surface area contributed by atoms with Crippen molar-refractivity contribution in [2.24, 2.45) is 0 Å². The summed E-state index contributed by atoms with van der Waals surface area (Å²) in [5.74, 6) is 0.585. The molecule has 3 rings (SSSR count). The van der Waals surface area contributed by atoms with E-state index in [0.717, 1.165) is 11.3 Å². The number of rotatable bonds is 2. The number of benzene rings is 2. The van der Waals surface area contributed by atoms with E-state index in [1.807, 2.05) is 0 Å². The first-order valence-corrected chi connectivity index (χ1v) is 7.53. The lowest BCUT2D eigenvalue weighted by atomic mass is 9.86. The Morgan fingerprint density at radius 3 is 2.26 bits per heavy atom. The Morgan fingerprint density at radius 1 is 0.957 bits per heavy atom. The van der Waals surface area contributed by atoms with E-state index in [0.29, 0.717) is 11.4 Å². The van der Waals surface area contributed by atoms with Gasteiger partial charge in [0.1, 0.15) is 17.3 Å². The molecule has 0 bridgehead atoms. The molecule has 4 nitrogen and oxygen atoms in total. The van der Waals surface area contributed by atoms with E-state index in [-0.39, 0.29) is 16.9 Å². The Morgan fingerprint density at radius 2 is 1.65 bits per heavy atom. The maximum atomic E-state index is 9.93. The number of aromatic amines is 1. The highest BCUT2D eigenvalue weighted by Gasteiger charge is 2.14. The molecule has 0 radical (unpaired) electrons. The van der Waals surface area contributed by atoms with Crippen LogP contribution in [0.4, 0.5) is 0 Å². The quantitative estimate of drug-likeness (QED) is 0.655. The van der Waals surface area contributed by atoms with Crippen molar-refractivity contribution in [3.8, 4) is 34.1 Å². The molecule has 0 saturated heterocycles. The molecule has 3 aromatic rings. The van der Waals surface area contributed by atoms with E-state index in [1.54, 1.807) is 12.3 Å². The third-order valence-electron chi connectivity index (χ3n) is 3.87. The predicted molar refractivity (Wildman–Crippen MR) is 91.5 cm³/mol. The van der Waals surface area contributed by atoms with Gasteiger partial charge in [-0.25, -0.2) is 4.98 Å². The van der Waals surface area contributed by atoms with E-state index in [9.17, 15) is 10.2 Å². The summed E-state index contributed by atoms with van der Waals surface area (Å²) in [5.41, 5.74) is 3.87. The van der Waals surface area contributed by atoms with Crippen LogP contribution in [-0.2, 0) is 5.41 Å². The highest BCUT2D eigenvalue weighted by atomic mass is 16.3. The third kappa shape index (κ3) is 3.06. The molecule has 1 heterocycles. The monoisotopic (exact) mass is 308 g/mol. The van der Waals surface area contributed by atoms with Crippen LogP contribution in [0.3, 0.4) is 0 Å². The number of H-pyrrole nitrogens is 1. The predicted octanol–water partition coefficient (Wildman–Crippen LogP) is 4.45. The maximum Gasteiger partial charge on any atom is 0.141 e. The smallest absolute Gasteiger partial charge is 0.141 e. The minimum atomic E-state index is -0.00557. The molecule has 0 aliphatic rings. The highest BCUT2D eigenvalue weighted by molar-refractivity contribution is 5.69. The summed E-state index contributed by atoms with van der Waals surface area (Å²) in [6, 6.07) is 12.8. The minimum absolute atomic E-state index is 0.00557. The summed E-state index contributed by atoms with van der Waals surface area (Å²) in [4.78, 5) is 7.54. The fraction of sp³-hybridized carbons (Fsp3) is 0.211. The van der Waals surface area contributed by atoms with Gasteiger partial charge in [-0.1, -0.05) is 45.0 Å². The molecule has 4 heteroatoms. The van der Waals surface area contributed by atoms with Crippen LogP contribution in [0.1, 0.15) is 26.3 Å². The van der Waals surface area contributed by atoms with Crippen molar-refractivity contribution in [2.75, 3.05) is 0 Å². The zero-order chi connectivity index (χ0) is 16.6. The van der Waals surface area contributed by atoms with E-state index < -0.39 is 0 Å². The van der Waals surface area contributed by atoms with Gasteiger partial charge in [0.05, 0.1) is 17.5 Å². The van der Waals surface area contributed by atoms with Gasteiger partial charge in [0.15, 0.2) is 0 Å². The van der Waals surface area contributed by atoms with Crippen molar-refractivity contribution < 1.29 is 10.2 Å². The van der Waals surface area contributed by atoms with Crippen LogP contribution in [-0.4, -0.2) is 20.2 Å². The number of nitrogens with one attached hydrogen (secondary N) is 1. The molecule has 0 unspecified atom stereocenters. The van der Waals surface area contributed by atoms with E-state index in [4.69, 9.17) is 0 Å². The first kappa shape index (κ1) is 15.2. The second kappa shape index (κ2) is 5.47. The van der Waals surface area contributed by atoms with E-state index in [1.165, 1.54) is 17.7 Å². The lowest BCUT2D eigenvalue weighted by Crippen LogP contribution is -2.10. The Labute approximate surface area is 135 Å². The molecule has 0 atom stereocenters. The Bertz CT molecular complexity index is 827.